The molecule has 0 aliphatic heterocycles. The third kappa shape index (κ3) is 3.47. The maximum atomic E-state index is 12.2. The number of nitrogens with zero attached hydrogens (tertiary/aromatic N) is 1. The highest BCUT2D eigenvalue weighted by molar-refractivity contribution is 5.90. The highest BCUT2D eigenvalue weighted by atomic mass is 16.2. The monoisotopic (exact) mass is 256 g/mol. The number of nitrogens with two attached hydrogens (primary N) is 1. The minimum Gasteiger partial charge on any atom is -0.368 e. The quantitative estimate of drug-likeness (QED) is 0.725. The second-order valence-corrected chi connectivity index (χ2v) is 5.11. The predicted octanol–water partition coefficient (Wildman–Crippen LogP) is 2.46. The Morgan fingerprint density at radius 3 is 1.78 bits per heavy atom. The fourth-order valence-corrected chi connectivity index (χ4v) is 2.75. The van der Waals surface area contributed by atoms with E-state index in [9.17, 15) is 9.59 Å². The summed E-state index contributed by atoms with van der Waals surface area (Å²) in [6.45, 7) is 9.74. The molecule has 0 unspecified atom stereocenters. The van der Waals surface area contributed by atoms with E-state index >= 15 is 0 Å². The third-order valence-corrected chi connectivity index (χ3v) is 3.33. The number of amides is 2. The van der Waals surface area contributed by atoms with Crippen LogP contribution in [0.4, 0.5) is 0 Å². The SMILES string of the molecule is CCCC(CCC)(C(N)=O)N(C(=O)CC)C(C)C. The van der Waals surface area contributed by atoms with Crippen LogP contribution in [0.3, 0.4) is 0 Å². The molecule has 0 aromatic heterocycles. The molecule has 4 heteroatoms. The van der Waals surface area contributed by atoms with Crippen LogP contribution in [0, 0.1) is 0 Å². The number of hydrogen-bond donors (Lipinski definition) is 1. The highest BCUT2D eigenvalue weighted by Gasteiger charge is 2.44. The van der Waals surface area contributed by atoms with Crippen molar-refractivity contribution in [2.45, 2.75) is 78.3 Å². The molecule has 0 fully saturated rings. The molecule has 0 bridgehead atoms. The van der Waals surface area contributed by atoms with E-state index in [1.807, 2.05) is 34.6 Å². The van der Waals surface area contributed by atoms with Gasteiger partial charge in [-0.05, 0) is 26.7 Å². The first kappa shape index (κ1) is 16.9. The molecule has 0 spiro atoms. The third-order valence-electron chi connectivity index (χ3n) is 3.33. The molecular formula is C14H28N2O2. The van der Waals surface area contributed by atoms with Gasteiger partial charge in [0.2, 0.25) is 11.8 Å². The average molecular weight is 256 g/mol. The number of primary amides is 1. The van der Waals surface area contributed by atoms with Gasteiger partial charge in [0.05, 0.1) is 0 Å². The van der Waals surface area contributed by atoms with Gasteiger partial charge in [0.15, 0.2) is 0 Å². The second kappa shape index (κ2) is 7.39. The van der Waals surface area contributed by atoms with Crippen molar-refractivity contribution in [2.24, 2.45) is 5.73 Å². The summed E-state index contributed by atoms with van der Waals surface area (Å²) in [5.74, 6) is -0.368. The van der Waals surface area contributed by atoms with E-state index in [2.05, 4.69) is 0 Å². The summed E-state index contributed by atoms with van der Waals surface area (Å²) in [5, 5.41) is 0. The van der Waals surface area contributed by atoms with Gasteiger partial charge in [-0.15, -0.1) is 0 Å². The van der Waals surface area contributed by atoms with E-state index < -0.39 is 5.54 Å². The van der Waals surface area contributed by atoms with Crippen molar-refractivity contribution in [1.29, 1.82) is 0 Å². The summed E-state index contributed by atoms with van der Waals surface area (Å²) in [6, 6.07) is -0.0111. The standard InChI is InChI=1S/C14H28N2O2/c1-6-9-14(10-7-2,13(15)18)16(11(4)5)12(17)8-3/h11H,6-10H2,1-5H3,(H2,15,18). The normalized spacial score (nSPS) is 11.7. The Labute approximate surface area is 111 Å². The summed E-state index contributed by atoms with van der Waals surface area (Å²) >= 11 is 0. The molecule has 0 aromatic rings. The molecule has 0 rings (SSSR count). The van der Waals surface area contributed by atoms with Gasteiger partial charge in [-0.1, -0.05) is 33.6 Å². The Balaban J connectivity index is 5.58. The smallest absolute Gasteiger partial charge is 0.243 e. The minimum absolute atomic E-state index is 0.00528. The molecule has 0 aliphatic rings. The van der Waals surface area contributed by atoms with Crippen molar-refractivity contribution >= 4 is 11.8 Å². The van der Waals surface area contributed by atoms with Crippen molar-refractivity contribution in [3.63, 3.8) is 0 Å². The first-order chi connectivity index (χ1) is 8.37. The van der Waals surface area contributed by atoms with E-state index in [0.717, 1.165) is 12.8 Å². The molecule has 0 radical (unpaired) electrons. The van der Waals surface area contributed by atoms with Gasteiger partial charge in [0, 0.05) is 12.5 Å². The van der Waals surface area contributed by atoms with Crippen LogP contribution in [-0.4, -0.2) is 28.3 Å². The lowest BCUT2D eigenvalue weighted by molar-refractivity contribution is -0.150. The number of carbonyl (C=O) groups is 2. The Kier molecular flexibility index (Phi) is 6.96. The van der Waals surface area contributed by atoms with Crippen LogP contribution in [0.2, 0.25) is 0 Å². The molecule has 106 valence electrons. The molecule has 2 N–H and O–H groups in total. The Hall–Kier alpha value is -1.06. The van der Waals surface area contributed by atoms with Crippen molar-refractivity contribution in [1.82, 2.24) is 4.90 Å². The molecule has 0 aromatic carbocycles. The Morgan fingerprint density at radius 1 is 1.11 bits per heavy atom. The van der Waals surface area contributed by atoms with Gasteiger partial charge in [-0.3, -0.25) is 9.59 Å². The van der Waals surface area contributed by atoms with E-state index in [1.165, 1.54) is 0 Å². The second-order valence-electron chi connectivity index (χ2n) is 5.11. The van der Waals surface area contributed by atoms with Gasteiger partial charge in [-0.2, -0.15) is 0 Å². The lowest BCUT2D eigenvalue weighted by Gasteiger charge is -2.44. The fraction of sp³-hybridized carbons (Fsp3) is 0.857. The Morgan fingerprint density at radius 2 is 1.56 bits per heavy atom. The van der Waals surface area contributed by atoms with Gasteiger partial charge in [0.1, 0.15) is 5.54 Å². The van der Waals surface area contributed by atoms with Crippen LogP contribution in [0.5, 0.6) is 0 Å². The van der Waals surface area contributed by atoms with E-state index in [1.54, 1.807) is 4.90 Å². The van der Waals surface area contributed by atoms with Crippen LogP contribution in [0.25, 0.3) is 0 Å². The van der Waals surface area contributed by atoms with Crippen molar-refractivity contribution < 1.29 is 9.59 Å². The minimum atomic E-state index is -0.815. The summed E-state index contributed by atoms with van der Waals surface area (Å²) in [4.78, 5) is 25.9. The molecule has 0 atom stereocenters. The summed E-state index contributed by atoms with van der Waals surface area (Å²) < 4.78 is 0. The zero-order chi connectivity index (χ0) is 14.3. The number of carbonyl (C=O) groups excluding carboxylic acids is 2. The molecular weight excluding hydrogens is 228 g/mol. The van der Waals surface area contributed by atoms with Gasteiger partial charge in [0.25, 0.3) is 0 Å². The number of hydrogen-bond acceptors (Lipinski definition) is 2. The average Bonchev–Trinajstić information content (AvgIpc) is 2.28. The zero-order valence-electron chi connectivity index (χ0n) is 12.5. The van der Waals surface area contributed by atoms with Crippen LogP contribution in [0.1, 0.15) is 66.7 Å². The van der Waals surface area contributed by atoms with Crippen molar-refractivity contribution in [2.75, 3.05) is 0 Å². The van der Waals surface area contributed by atoms with Crippen LogP contribution >= 0.6 is 0 Å². The first-order valence-corrected chi connectivity index (χ1v) is 6.99. The molecule has 0 heterocycles. The molecule has 0 saturated carbocycles. The Bertz CT molecular complexity index is 282. The summed E-state index contributed by atoms with van der Waals surface area (Å²) in [6.07, 6.45) is 3.35. The van der Waals surface area contributed by atoms with Crippen LogP contribution in [-0.2, 0) is 9.59 Å². The molecule has 18 heavy (non-hydrogen) atoms. The molecule has 4 nitrogen and oxygen atoms in total. The molecule has 0 aliphatic carbocycles. The first-order valence-electron chi connectivity index (χ1n) is 6.99. The lowest BCUT2D eigenvalue weighted by atomic mass is 9.84. The fourth-order valence-electron chi connectivity index (χ4n) is 2.75. The lowest BCUT2D eigenvalue weighted by Crippen LogP contribution is -2.61. The summed E-state index contributed by atoms with van der Waals surface area (Å²) in [5.41, 5.74) is 4.83. The summed E-state index contributed by atoms with van der Waals surface area (Å²) in [7, 11) is 0. The zero-order valence-corrected chi connectivity index (χ0v) is 12.5. The van der Waals surface area contributed by atoms with Crippen molar-refractivity contribution in [3.05, 3.63) is 0 Å². The number of rotatable bonds is 8. The topological polar surface area (TPSA) is 63.4 Å². The van der Waals surface area contributed by atoms with Gasteiger partial charge in [-0.25, -0.2) is 0 Å². The predicted molar refractivity (Wildman–Crippen MR) is 74.0 cm³/mol. The largest absolute Gasteiger partial charge is 0.368 e. The molecule has 0 saturated heterocycles. The van der Waals surface area contributed by atoms with E-state index in [-0.39, 0.29) is 17.9 Å². The molecule has 2 amide bonds. The van der Waals surface area contributed by atoms with E-state index in [0.29, 0.717) is 19.3 Å². The van der Waals surface area contributed by atoms with Crippen molar-refractivity contribution in [3.8, 4) is 0 Å². The van der Waals surface area contributed by atoms with Gasteiger partial charge >= 0.3 is 0 Å². The van der Waals surface area contributed by atoms with Gasteiger partial charge < -0.3 is 10.6 Å². The highest BCUT2D eigenvalue weighted by Crippen LogP contribution is 2.30. The van der Waals surface area contributed by atoms with Crippen LogP contribution in [0.15, 0.2) is 0 Å². The maximum Gasteiger partial charge on any atom is 0.243 e. The van der Waals surface area contributed by atoms with E-state index in [4.69, 9.17) is 5.73 Å². The maximum absolute atomic E-state index is 12.2. The van der Waals surface area contributed by atoms with Crippen LogP contribution < -0.4 is 5.73 Å².